The van der Waals surface area contributed by atoms with Crippen molar-refractivity contribution in [3.05, 3.63) is 23.3 Å². The zero-order valence-electron chi connectivity index (χ0n) is 11.2. The van der Waals surface area contributed by atoms with Crippen LogP contribution in [0.4, 0.5) is 0 Å². The predicted molar refractivity (Wildman–Crippen MR) is 68.9 cm³/mol. The molecular weight excluding hydrogens is 228 g/mol. The fraction of sp³-hybridized carbons (Fsp3) is 0.600. The summed E-state index contributed by atoms with van der Waals surface area (Å²) < 4.78 is 5.38. The van der Waals surface area contributed by atoms with Crippen molar-refractivity contribution in [2.75, 3.05) is 0 Å². The summed E-state index contributed by atoms with van der Waals surface area (Å²) in [6.45, 7) is 5.77. The number of hydrogen-bond acceptors (Lipinski definition) is 3. The molecule has 1 fully saturated rings. The number of Topliss-reactive ketones (excluding diaryl/α,β-unsaturated/α-hetero) is 1. The molecule has 3 atom stereocenters. The maximum atomic E-state index is 11.9. The standard InChI is InChI=1S/C15H20O3/c1-9-4-6-12-11(3)15(17)18-14(12)8-10(2)13(16)7-5-9/h5,8,11-12,14H,4,6-7H2,1-3H3/b9-5+,10-8-/t11-,12+,14-/m0/s1. The number of allylic oxidation sites excluding steroid dienone is 3. The highest BCUT2D eigenvalue weighted by atomic mass is 16.6. The average Bonchev–Trinajstić information content (AvgIpc) is 2.59. The average molecular weight is 248 g/mol. The van der Waals surface area contributed by atoms with Crippen LogP contribution in [0.25, 0.3) is 0 Å². The smallest absolute Gasteiger partial charge is 0.309 e. The Labute approximate surface area is 108 Å². The monoisotopic (exact) mass is 248 g/mol. The van der Waals surface area contributed by atoms with E-state index in [4.69, 9.17) is 4.74 Å². The van der Waals surface area contributed by atoms with Crippen molar-refractivity contribution < 1.29 is 14.3 Å². The molecule has 98 valence electrons. The first-order chi connectivity index (χ1) is 8.49. The number of ether oxygens (including phenoxy) is 1. The van der Waals surface area contributed by atoms with Crippen molar-refractivity contribution in [1.82, 2.24) is 0 Å². The quantitative estimate of drug-likeness (QED) is 0.489. The van der Waals surface area contributed by atoms with Crippen LogP contribution in [0.2, 0.25) is 0 Å². The van der Waals surface area contributed by atoms with E-state index < -0.39 is 0 Å². The fourth-order valence-corrected chi connectivity index (χ4v) is 2.62. The first-order valence-corrected chi connectivity index (χ1v) is 6.57. The first-order valence-electron chi connectivity index (χ1n) is 6.57. The second-order valence-electron chi connectivity index (χ2n) is 5.42. The maximum absolute atomic E-state index is 11.9. The maximum Gasteiger partial charge on any atom is 0.309 e. The fourth-order valence-electron chi connectivity index (χ4n) is 2.62. The lowest BCUT2D eigenvalue weighted by Crippen LogP contribution is -2.19. The van der Waals surface area contributed by atoms with Gasteiger partial charge in [0.15, 0.2) is 5.78 Å². The Balaban J connectivity index is 2.29. The molecule has 0 aromatic heterocycles. The van der Waals surface area contributed by atoms with Crippen molar-refractivity contribution >= 4 is 11.8 Å². The first kappa shape index (κ1) is 13.1. The molecule has 1 saturated heterocycles. The van der Waals surface area contributed by atoms with Gasteiger partial charge in [0.1, 0.15) is 6.10 Å². The summed E-state index contributed by atoms with van der Waals surface area (Å²) >= 11 is 0. The zero-order chi connectivity index (χ0) is 13.3. The van der Waals surface area contributed by atoms with Gasteiger partial charge in [0.2, 0.25) is 0 Å². The zero-order valence-corrected chi connectivity index (χ0v) is 11.2. The molecule has 0 unspecified atom stereocenters. The second-order valence-corrected chi connectivity index (χ2v) is 5.42. The number of carbonyl (C=O) groups is 2. The minimum Gasteiger partial charge on any atom is -0.458 e. The molecule has 18 heavy (non-hydrogen) atoms. The topological polar surface area (TPSA) is 43.4 Å². The third kappa shape index (κ3) is 2.55. The van der Waals surface area contributed by atoms with Crippen LogP contribution in [-0.2, 0) is 14.3 Å². The molecule has 1 aliphatic heterocycles. The summed E-state index contributed by atoms with van der Waals surface area (Å²) in [5.74, 6) is 0.107. The van der Waals surface area contributed by atoms with E-state index in [-0.39, 0.29) is 29.7 Å². The number of fused-ring (bicyclic) bond motifs is 1. The molecule has 0 spiro atoms. The van der Waals surface area contributed by atoms with Crippen LogP contribution in [0.15, 0.2) is 23.3 Å². The summed E-state index contributed by atoms with van der Waals surface area (Å²) in [5.41, 5.74) is 1.93. The third-order valence-corrected chi connectivity index (χ3v) is 4.05. The molecule has 1 aliphatic carbocycles. The molecule has 2 aliphatic rings. The van der Waals surface area contributed by atoms with Gasteiger partial charge in [-0.15, -0.1) is 0 Å². The van der Waals surface area contributed by atoms with E-state index >= 15 is 0 Å². The van der Waals surface area contributed by atoms with Crippen molar-refractivity contribution in [3.63, 3.8) is 0 Å². The Morgan fingerprint density at radius 2 is 2.00 bits per heavy atom. The SMILES string of the molecule is C/C1=C/[C@@H]2OC(=O)[C@@H](C)[C@H]2CC/C(C)=C/CC1=O. The van der Waals surface area contributed by atoms with Gasteiger partial charge in [-0.2, -0.15) is 0 Å². The molecule has 0 N–H and O–H groups in total. The van der Waals surface area contributed by atoms with Crippen LogP contribution in [0.5, 0.6) is 0 Å². The highest BCUT2D eigenvalue weighted by Gasteiger charge is 2.40. The number of carbonyl (C=O) groups excluding carboxylic acids is 2. The predicted octanol–water partition coefficient (Wildman–Crippen LogP) is 2.81. The molecule has 3 heteroatoms. The van der Waals surface area contributed by atoms with Gasteiger partial charge in [0.25, 0.3) is 0 Å². The highest BCUT2D eigenvalue weighted by molar-refractivity contribution is 5.96. The van der Waals surface area contributed by atoms with Gasteiger partial charge in [-0.1, -0.05) is 18.6 Å². The Morgan fingerprint density at radius 1 is 1.28 bits per heavy atom. The van der Waals surface area contributed by atoms with E-state index in [9.17, 15) is 9.59 Å². The van der Waals surface area contributed by atoms with E-state index in [2.05, 4.69) is 0 Å². The Kier molecular flexibility index (Phi) is 3.69. The number of esters is 1. The van der Waals surface area contributed by atoms with E-state index in [0.29, 0.717) is 12.0 Å². The van der Waals surface area contributed by atoms with Gasteiger partial charge in [0.05, 0.1) is 5.92 Å². The summed E-state index contributed by atoms with van der Waals surface area (Å²) in [5, 5.41) is 0. The number of hydrogen-bond donors (Lipinski definition) is 0. The Hall–Kier alpha value is -1.38. The lowest BCUT2D eigenvalue weighted by atomic mass is 9.84. The van der Waals surface area contributed by atoms with Crippen molar-refractivity contribution in [1.29, 1.82) is 0 Å². The van der Waals surface area contributed by atoms with E-state index in [0.717, 1.165) is 12.8 Å². The van der Waals surface area contributed by atoms with Gasteiger partial charge in [-0.05, 0) is 38.3 Å². The number of rotatable bonds is 0. The van der Waals surface area contributed by atoms with E-state index in [1.807, 2.05) is 26.0 Å². The van der Waals surface area contributed by atoms with E-state index in [1.54, 1.807) is 6.92 Å². The molecular formula is C15H20O3. The third-order valence-electron chi connectivity index (χ3n) is 4.05. The number of ketones is 1. The van der Waals surface area contributed by atoms with Crippen LogP contribution in [0, 0.1) is 11.8 Å². The minimum atomic E-state index is -0.220. The Bertz CT molecular complexity index is 431. The van der Waals surface area contributed by atoms with Crippen LogP contribution >= 0.6 is 0 Å². The highest BCUT2D eigenvalue weighted by Crippen LogP contribution is 2.34. The van der Waals surface area contributed by atoms with Crippen molar-refractivity contribution in [3.8, 4) is 0 Å². The molecule has 0 aromatic carbocycles. The van der Waals surface area contributed by atoms with Crippen LogP contribution < -0.4 is 0 Å². The van der Waals surface area contributed by atoms with Crippen LogP contribution in [0.1, 0.15) is 40.0 Å². The molecule has 0 aromatic rings. The van der Waals surface area contributed by atoms with Gasteiger partial charge < -0.3 is 4.74 Å². The van der Waals surface area contributed by atoms with Crippen LogP contribution in [0.3, 0.4) is 0 Å². The van der Waals surface area contributed by atoms with Crippen molar-refractivity contribution in [2.45, 2.75) is 46.1 Å². The molecule has 2 rings (SSSR count). The van der Waals surface area contributed by atoms with Gasteiger partial charge in [0, 0.05) is 12.3 Å². The van der Waals surface area contributed by atoms with Gasteiger partial charge in [-0.3, -0.25) is 9.59 Å². The van der Waals surface area contributed by atoms with Gasteiger partial charge >= 0.3 is 5.97 Å². The van der Waals surface area contributed by atoms with Crippen LogP contribution in [-0.4, -0.2) is 17.9 Å². The summed E-state index contributed by atoms with van der Waals surface area (Å²) in [4.78, 5) is 23.5. The summed E-state index contributed by atoms with van der Waals surface area (Å²) in [6.07, 6.45) is 5.95. The molecule has 1 heterocycles. The summed E-state index contributed by atoms with van der Waals surface area (Å²) in [6, 6.07) is 0. The van der Waals surface area contributed by atoms with Gasteiger partial charge in [-0.25, -0.2) is 0 Å². The normalized spacial score (nSPS) is 39.2. The second kappa shape index (κ2) is 5.09. The molecule has 0 amide bonds. The lowest BCUT2D eigenvalue weighted by molar-refractivity contribution is -0.142. The lowest BCUT2D eigenvalue weighted by Gasteiger charge is -2.18. The molecule has 0 radical (unpaired) electrons. The van der Waals surface area contributed by atoms with Crippen molar-refractivity contribution in [2.24, 2.45) is 11.8 Å². The minimum absolute atomic E-state index is 0.0682. The molecule has 0 saturated carbocycles. The Morgan fingerprint density at radius 3 is 2.72 bits per heavy atom. The largest absolute Gasteiger partial charge is 0.458 e. The molecule has 3 nitrogen and oxygen atoms in total. The van der Waals surface area contributed by atoms with E-state index in [1.165, 1.54) is 5.57 Å². The molecule has 0 bridgehead atoms. The summed E-state index contributed by atoms with van der Waals surface area (Å²) in [7, 11) is 0.